The van der Waals surface area contributed by atoms with Gasteiger partial charge in [-0.15, -0.1) is 0 Å². The van der Waals surface area contributed by atoms with E-state index in [9.17, 15) is 13.2 Å². The second-order valence-corrected chi connectivity index (χ2v) is 7.92. The minimum Gasteiger partial charge on any atom is -0.478 e. The van der Waals surface area contributed by atoms with Crippen LogP contribution in [0.25, 0.3) is 0 Å². The highest BCUT2D eigenvalue weighted by Gasteiger charge is 2.30. The maximum Gasteiger partial charge on any atom is 0.335 e. The smallest absolute Gasteiger partial charge is 0.335 e. The average Bonchev–Trinajstić information content (AvgIpc) is 2.55. The van der Waals surface area contributed by atoms with E-state index >= 15 is 0 Å². The third-order valence-electron chi connectivity index (χ3n) is 4.39. The number of hydrogen-bond acceptors (Lipinski definition) is 4. The molecule has 0 bridgehead atoms. The van der Waals surface area contributed by atoms with Crippen LogP contribution in [0.4, 0.5) is 0 Å². The Balaban J connectivity index is 2.08. The Hall–Kier alpha value is -1.44. The van der Waals surface area contributed by atoms with Gasteiger partial charge < -0.3 is 10.0 Å². The first-order chi connectivity index (χ1) is 10.9. The van der Waals surface area contributed by atoms with Crippen molar-refractivity contribution in [3.05, 3.63) is 29.8 Å². The number of likely N-dealkylation sites (tertiary alicyclic amines) is 1. The molecule has 1 aromatic carbocycles. The Bertz CT molecular complexity index is 635. The summed E-state index contributed by atoms with van der Waals surface area (Å²) in [6.07, 6.45) is 2.75. The fourth-order valence-corrected chi connectivity index (χ4v) is 4.37. The van der Waals surface area contributed by atoms with Crippen molar-refractivity contribution in [1.29, 1.82) is 0 Å². The van der Waals surface area contributed by atoms with Gasteiger partial charge in [-0.2, -0.15) is 4.31 Å². The molecule has 0 spiro atoms. The molecule has 1 aliphatic rings. The van der Waals surface area contributed by atoms with Crippen molar-refractivity contribution in [2.75, 3.05) is 26.7 Å². The van der Waals surface area contributed by atoms with Crippen LogP contribution in [0.15, 0.2) is 29.2 Å². The van der Waals surface area contributed by atoms with Crippen LogP contribution in [0.2, 0.25) is 0 Å². The molecule has 7 heteroatoms. The van der Waals surface area contributed by atoms with Crippen LogP contribution in [-0.4, -0.2) is 61.4 Å². The summed E-state index contributed by atoms with van der Waals surface area (Å²) in [5, 5.41) is 8.90. The van der Waals surface area contributed by atoms with Gasteiger partial charge in [-0.3, -0.25) is 0 Å². The van der Waals surface area contributed by atoms with Gasteiger partial charge in [-0.05, 0) is 63.2 Å². The van der Waals surface area contributed by atoms with E-state index in [0.717, 1.165) is 38.9 Å². The number of carboxylic acid groups (broad SMARTS) is 1. The first kappa shape index (κ1) is 17.9. The van der Waals surface area contributed by atoms with Gasteiger partial charge in [0.1, 0.15) is 0 Å². The molecular formula is C16H24N2O4S. The van der Waals surface area contributed by atoms with E-state index in [1.165, 1.54) is 28.6 Å². The Morgan fingerprint density at radius 3 is 2.30 bits per heavy atom. The molecule has 1 aromatic rings. The zero-order chi connectivity index (χ0) is 17.0. The quantitative estimate of drug-likeness (QED) is 0.855. The van der Waals surface area contributed by atoms with Crippen LogP contribution in [-0.2, 0) is 10.0 Å². The van der Waals surface area contributed by atoms with Gasteiger partial charge in [0, 0.05) is 13.1 Å². The highest BCUT2D eigenvalue weighted by Crippen LogP contribution is 2.23. The zero-order valence-electron chi connectivity index (χ0n) is 13.6. The van der Waals surface area contributed by atoms with Crippen molar-refractivity contribution in [1.82, 2.24) is 9.21 Å². The summed E-state index contributed by atoms with van der Waals surface area (Å²) >= 11 is 0. The molecule has 1 fully saturated rings. The van der Waals surface area contributed by atoms with Crippen molar-refractivity contribution in [2.45, 2.75) is 37.1 Å². The maximum atomic E-state index is 12.7. The largest absolute Gasteiger partial charge is 0.478 e. The molecular weight excluding hydrogens is 316 g/mol. The molecule has 1 aliphatic heterocycles. The van der Waals surface area contributed by atoms with Gasteiger partial charge in [0.15, 0.2) is 0 Å². The minimum absolute atomic E-state index is 0.00717. The standard InChI is InChI=1S/C16H24N2O4S/c1-3-10-18-11-8-14(9-12-18)17(2)23(21,22)15-6-4-13(5-7-15)16(19)20/h4-7,14H,3,8-12H2,1-2H3,(H,19,20). The predicted octanol–water partition coefficient (Wildman–Crippen LogP) is 1.88. The van der Waals surface area contributed by atoms with Gasteiger partial charge in [-0.25, -0.2) is 13.2 Å². The van der Waals surface area contributed by atoms with Gasteiger partial charge in [0.25, 0.3) is 0 Å². The minimum atomic E-state index is -3.59. The van der Waals surface area contributed by atoms with Gasteiger partial charge in [0.05, 0.1) is 10.5 Å². The SMILES string of the molecule is CCCN1CCC(N(C)S(=O)(=O)c2ccc(C(=O)O)cc2)CC1. The molecule has 0 amide bonds. The molecule has 0 atom stereocenters. The normalized spacial score (nSPS) is 17.5. The zero-order valence-corrected chi connectivity index (χ0v) is 14.4. The van der Waals surface area contributed by atoms with Crippen molar-refractivity contribution in [3.8, 4) is 0 Å². The van der Waals surface area contributed by atoms with Gasteiger partial charge in [-0.1, -0.05) is 6.92 Å². The summed E-state index contributed by atoms with van der Waals surface area (Å²) < 4.78 is 26.8. The molecule has 0 aliphatic carbocycles. The molecule has 0 aromatic heterocycles. The lowest BCUT2D eigenvalue weighted by atomic mass is 10.1. The van der Waals surface area contributed by atoms with Crippen LogP contribution < -0.4 is 0 Å². The molecule has 0 radical (unpaired) electrons. The summed E-state index contributed by atoms with van der Waals surface area (Å²) in [5.41, 5.74) is 0.0828. The average molecular weight is 340 g/mol. The maximum absolute atomic E-state index is 12.7. The topological polar surface area (TPSA) is 77.9 Å². The van der Waals surface area contributed by atoms with Crippen LogP contribution >= 0.6 is 0 Å². The van der Waals surface area contributed by atoms with E-state index in [1.54, 1.807) is 7.05 Å². The van der Waals surface area contributed by atoms with Crippen molar-refractivity contribution in [3.63, 3.8) is 0 Å². The second kappa shape index (κ2) is 7.42. The molecule has 2 rings (SSSR count). The second-order valence-electron chi connectivity index (χ2n) is 5.92. The lowest BCUT2D eigenvalue weighted by molar-refractivity contribution is 0.0696. The Labute approximate surface area is 137 Å². The number of benzene rings is 1. The number of nitrogens with zero attached hydrogens (tertiary/aromatic N) is 2. The Kier molecular flexibility index (Phi) is 5.78. The monoisotopic (exact) mass is 340 g/mol. The summed E-state index contributed by atoms with van der Waals surface area (Å²) in [6.45, 7) is 5.02. The molecule has 6 nitrogen and oxygen atoms in total. The number of aromatic carboxylic acids is 1. The van der Waals surface area contributed by atoms with Gasteiger partial charge >= 0.3 is 5.97 Å². The lowest BCUT2D eigenvalue weighted by Gasteiger charge is -2.36. The Morgan fingerprint density at radius 1 is 1.26 bits per heavy atom. The predicted molar refractivity (Wildman–Crippen MR) is 88.1 cm³/mol. The van der Waals surface area contributed by atoms with E-state index < -0.39 is 16.0 Å². The fourth-order valence-electron chi connectivity index (χ4n) is 2.95. The highest BCUT2D eigenvalue weighted by atomic mass is 32.2. The third-order valence-corrected chi connectivity index (χ3v) is 6.31. The summed E-state index contributed by atoms with van der Waals surface area (Å²) in [7, 11) is -1.98. The number of rotatable bonds is 6. The van der Waals surface area contributed by atoms with Crippen molar-refractivity contribution in [2.24, 2.45) is 0 Å². The van der Waals surface area contributed by atoms with E-state index in [1.807, 2.05) is 0 Å². The van der Waals surface area contributed by atoms with E-state index in [0.29, 0.717) is 0 Å². The number of hydrogen-bond donors (Lipinski definition) is 1. The van der Waals surface area contributed by atoms with Crippen LogP contribution in [0, 0.1) is 0 Å². The number of carbonyl (C=O) groups is 1. The first-order valence-electron chi connectivity index (χ1n) is 7.90. The lowest BCUT2D eigenvalue weighted by Crippen LogP contribution is -2.45. The number of sulfonamides is 1. The summed E-state index contributed by atoms with van der Waals surface area (Å²) in [4.78, 5) is 13.4. The van der Waals surface area contributed by atoms with E-state index in [-0.39, 0.29) is 16.5 Å². The van der Waals surface area contributed by atoms with E-state index in [4.69, 9.17) is 5.11 Å². The van der Waals surface area contributed by atoms with Crippen LogP contribution in [0.1, 0.15) is 36.5 Å². The summed E-state index contributed by atoms with van der Waals surface area (Å²) in [5.74, 6) is -1.06. The third kappa shape index (κ3) is 4.10. The number of carboxylic acids is 1. The summed E-state index contributed by atoms with van der Waals surface area (Å²) in [6, 6.07) is 5.37. The molecule has 1 N–H and O–H groups in total. The molecule has 23 heavy (non-hydrogen) atoms. The van der Waals surface area contributed by atoms with Crippen molar-refractivity contribution >= 4 is 16.0 Å². The Morgan fingerprint density at radius 2 is 1.83 bits per heavy atom. The van der Waals surface area contributed by atoms with Crippen molar-refractivity contribution < 1.29 is 18.3 Å². The molecule has 1 heterocycles. The van der Waals surface area contributed by atoms with Crippen LogP contribution in [0.3, 0.4) is 0 Å². The highest BCUT2D eigenvalue weighted by molar-refractivity contribution is 7.89. The fraction of sp³-hybridized carbons (Fsp3) is 0.562. The van der Waals surface area contributed by atoms with E-state index in [2.05, 4.69) is 11.8 Å². The molecule has 0 saturated carbocycles. The number of piperidine rings is 1. The molecule has 1 saturated heterocycles. The van der Waals surface area contributed by atoms with Gasteiger partial charge in [0.2, 0.25) is 10.0 Å². The molecule has 128 valence electrons. The molecule has 0 unspecified atom stereocenters. The first-order valence-corrected chi connectivity index (χ1v) is 9.34. The van der Waals surface area contributed by atoms with Crippen LogP contribution in [0.5, 0.6) is 0 Å².